The Bertz CT molecular complexity index is 731. The minimum atomic E-state index is 0.286. The first-order valence-electron chi connectivity index (χ1n) is 4.88. The first-order valence-corrected chi connectivity index (χ1v) is 4.88. The van der Waals surface area contributed by atoms with Crippen molar-refractivity contribution in [2.75, 3.05) is 0 Å². The van der Waals surface area contributed by atoms with E-state index in [4.69, 9.17) is 5.26 Å². The number of aryl methyl sites for hydroxylation is 1. The van der Waals surface area contributed by atoms with E-state index >= 15 is 0 Å². The molecule has 0 saturated carbocycles. The molecule has 0 amide bonds. The van der Waals surface area contributed by atoms with Crippen LogP contribution in [-0.4, -0.2) is 29.3 Å². The first-order chi connectivity index (χ1) is 8.31. The van der Waals surface area contributed by atoms with Gasteiger partial charge in [-0.2, -0.15) is 10.4 Å². The average molecular weight is 225 g/mol. The van der Waals surface area contributed by atoms with Gasteiger partial charge in [-0.1, -0.05) is 0 Å². The predicted molar refractivity (Wildman–Crippen MR) is 58.1 cm³/mol. The number of nitrogens with zero attached hydrogens (tertiary/aromatic N) is 7. The van der Waals surface area contributed by atoms with Crippen LogP contribution in [0.25, 0.3) is 16.9 Å². The van der Waals surface area contributed by atoms with Crippen molar-refractivity contribution in [3.05, 3.63) is 30.7 Å². The molecule has 82 valence electrons. The first kappa shape index (κ1) is 9.47. The normalized spacial score (nSPS) is 10.6. The highest BCUT2D eigenvalue weighted by molar-refractivity contribution is 5.82. The summed E-state index contributed by atoms with van der Waals surface area (Å²) in [6, 6.07) is 2.01. The van der Waals surface area contributed by atoms with Gasteiger partial charge in [-0.05, 0) is 0 Å². The quantitative estimate of drug-likeness (QED) is 0.599. The molecular formula is C10H7N7. The van der Waals surface area contributed by atoms with E-state index in [0.29, 0.717) is 11.5 Å². The summed E-state index contributed by atoms with van der Waals surface area (Å²) in [5.74, 6) is 0.894. The molecule has 0 fully saturated rings. The van der Waals surface area contributed by atoms with Crippen molar-refractivity contribution in [3.63, 3.8) is 0 Å². The number of rotatable bonds is 1. The third-order valence-corrected chi connectivity index (χ3v) is 2.48. The van der Waals surface area contributed by atoms with Crippen LogP contribution in [0.1, 0.15) is 5.82 Å². The molecule has 0 aliphatic carbocycles. The highest BCUT2D eigenvalue weighted by atomic mass is 15.3. The third kappa shape index (κ3) is 1.28. The van der Waals surface area contributed by atoms with Crippen LogP contribution >= 0.6 is 0 Å². The second kappa shape index (κ2) is 3.38. The van der Waals surface area contributed by atoms with Crippen molar-refractivity contribution >= 4 is 11.0 Å². The molecular weight excluding hydrogens is 218 g/mol. The monoisotopic (exact) mass is 225 g/mol. The fraction of sp³-hybridized carbons (Fsp3) is 0.100. The molecule has 0 spiro atoms. The van der Waals surface area contributed by atoms with E-state index in [9.17, 15) is 0 Å². The predicted octanol–water partition coefficient (Wildman–Crippen LogP) is 0.421. The second-order valence-corrected chi connectivity index (χ2v) is 3.44. The summed E-state index contributed by atoms with van der Waals surface area (Å²) in [6.45, 7) is 0. The van der Waals surface area contributed by atoms with Gasteiger partial charge in [0.05, 0.1) is 11.6 Å². The lowest BCUT2D eigenvalue weighted by Gasteiger charge is -2.02. The second-order valence-electron chi connectivity index (χ2n) is 3.44. The molecule has 0 radical (unpaired) electrons. The maximum atomic E-state index is 8.95. The third-order valence-electron chi connectivity index (χ3n) is 2.48. The molecule has 7 nitrogen and oxygen atoms in total. The zero-order valence-electron chi connectivity index (χ0n) is 8.94. The number of fused-ring (bicyclic) bond motifs is 1. The highest BCUT2D eigenvalue weighted by Crippen LogP contribution is 2.18. The summed E-state index contributed by atoms with van der Waals surface area (Å²) < 4.78 is 3.27. The Hall–Kier alpha value is -2.75. The summed E-state index contributed by atoms with van der Waals surface area (Å²) in [5.41, 5.74) is 0.715. The van der Waals surface area contributed by atoms with Crippen molar-refractivity contribution in [2.24, 2.45) is 7.05 Å². The molecule has 0 bridgehead atoms. The average Bonchev–Trinajstić information content (AvgIpc) is 2.96. The highest BCUT2D eigenvalue weighted by Gasteiger charge is 2.12. The summed E-state index contributed by atoms with van der Waals surface area (Å²) in [4.78, 5) is 12.3. The van der Waals surface area contributed by atoms with Gasteiger partial charge in [0, 0.05) is 19.4 Å². The van der Waals surface area contributed by atoms with Crippen molar-refractivity contribution in [3.8, 4) is 11.9 Å². The van der Waals surface area contributed by atoms with E-state index in [-0.39, 0.29) is 5.82 Å². The Morgan fingerprint density at radius 3 is 3.00 bits per heavy atom. The number of hydrogen-bond donors (Lipinski definition) is 0. The zero-order chi connectivity index (χ0) is 11.8. The van der Waals surface area contributed by atoms with Gasteiger partial charge >= 0.3 is 0 Å². The molecule has 17 heavy (non-hydrogen) atoms. The summed E-state index contributed by atoms with van der Waals surface area (Å²) >= 11 is 0. The Balaban J connectivity index is 2.35. The number of imidazole rings is 1. The molecule has 3 rings (SSSR count). The maximum absolute atomic E-state index is 8.95. The molecule has 7 heteroatoms. The summed E-state index contributed by atoms with van der Waals surface area (Å²) in [7, 11) is 1.80. The largest absolute Gasteiger partial charge is 0.275 e. The molecule has 0 aromatic carbocycles. The smallest absolute Gasteiger partial charge is 0.218 e. The lowest BCUT2D eigenvalue weighted by Crippen LogP contribution is -2.01. The van der Waals surface area contributed by atoms with Crippen molar-refractivity contribution in [1.82, 2.24) is 29.3 Å². The Labute approximate surface area is 96.0 Å². The summed E-state index contributed by atoms with van der Waals surface area (Å²) in [5, 5.41) is 13.8. The van der Waals surface area contributed by atoms with Crippen LogP contribution in [0.4, 0.5) is 0 Å². The molecule has 3 aromatic rings. The summed E-state index contributed by atoms with van der Waals surface area (Å²) in [6.07, 6.45) is 6.36. The minimum absolute atomic E-state index is 0.286. The van der Waals surface area contributed by atoms with Crippen LogP contribution in [0.15, 0.2) is 24.9 Å². The topological polar surface area (TPSA) is 85.2 Å². The standard InChI is InChI=1S/C10H7N7/c1-16-9-7(5-15-16)10(14-6-13-9)17-3-2-12-8(17)4-11/h2-3,5-6H,1H3. The van der Waals surface area contributed by atoms with Gasteiger partial charge < -0.3 is 0 Å². The molecule has 0 saturated heterocycles. The molecule has 3 aromatic heterocycles. The molecule has 0 aliphatic rings. The number of nitriles is 1. The maximum Gasteiger partial charge on any atom is 0.218 e. The Morgan fingerprint density at radius 1 is 1.29 bits per heavy atom. The van der Waals surface area contributed by atoms with Gasteiger partial charge in [-0.3, -0.25) is 9.25 Å². The molecule has 0 N–H and O–H groups in total. The van der Waals surface area contributed by atoms with Crippen LogP contribution in [-0.2, 0) is 7.05 Å². The van der Waals surface area contributed by atoms with E-state index in [0.717, 1.165) is 5.39 Å². The van der Waals surface area contributed by atoms with Gasteiger partial charge in [-0.15, -0.1) is 0 Å². The van der Waals surface area contributed by atoms with Gasteiger partial charge in [0.15, 0.2) is 11.5 Å². The van der Waals surface area contributed by atoms with Crippen LogP contribution in [0.2, 0.25) is 0 Å². The van der Waals surface area contributed by atoms with Crippen LogP contribution in [0.5, 0.6) is 0 Å². The SMILES string of the molecule is Cn1ncc2c(-n3ccnc3C#N)ncnc21. The Kier molecular flexibility index (Phi) is 1.88. The number of hydrogen-bond acceptors (Lipinski definition) is 5. The van der Waals surface area contributed by atoms with Crippen molar-refractivity contribution < 1.29 is 0 Å². The minimum Gasteiger partial charge on any atom is -0.275 e. The van der Waals surface area contributed by atoms with Gasteiger partial charge in [-0.25, -0.2) is 15.0 Å². The molecule has 0 aliphatic heterocycles. The van der Waals surface area contributed by atoms with Crippen LogP contribution in [0.3, 0.4) is 0 Å². The van der Waals surface area contributed by atoms with E-state index < -0.39 is 0 Å². The fourth-order valence-electron chi connectivity index (χ4n) is 1.70. The van der Waals surface area contributed by atoms with E-state index in [2.05, 4.69) is 20.1 Å². The zero-order valence-corrected chi connectivity index (χ0v) is 8.94. The van der Waals surface area contributed by atoms with E-state index in [1.54, 1.807) is 34.9 Å². The van der Waals surface area contributed by atoms with Crippen LogP contribution in [0, 0.1) is 11.3 Å². The van der Waals surface area contributed by atoms with Crippen molar-refractivity contribution in [1.29, 1.82) is 5.26 Å². The molecule has 0 unspecified atom stereocenters. The lowest BCUT2D eigenvalue weighted by molar-refractivity contribution is 0.785. The van der Waals surface area contributed by atoms with E-state index in [1.165, 1.54) is 6.33 Å². The molecule has 0 atom stereocenters. The van der Waals surface area contributed by atoms with E-state index in [1.807, 2.05) is 6.07 Å². The lowest BCUT2D eigenvalue weighted by atomic mass is 10.4. The van der Waals surface area contributed by atoms with Crippen molar-refractivity contribution in [2.45, 2.75) is 0 Å². The van der Waals surface area contributed by atoms with Gasteiger partial charge in [0.25, 0.3) is 0 Å². The molecule has 3 heterocycles. The Morgan fingerprint density at radius 2 is 2.18 bits per heavy atom. The van der Waals surface area contributed by atoms with Gasteiger partial charge in [0.2, 0.25) is 5.82 Å². The number of aromatic nitrogens is 6. The van der Waals surface area contributed by atoms with Crippen LogP contribution < -0.4 is 0 Å². The fourth-order valence-corrected chi connectivity index (χ4v) is 1.70. The van der Waals surface area contributed by atoms with Gasteiger partial charge in [0.1, 0.15) is 12.4 Å².